The predicted molar refractivity (Wildman–Crippen MR) is 188 cm³/mol. The predicted octanol–water partition coefficient (Wildman–Crippen LogP) is 2.97. The Morgan fingerprint density at radius 1 is 0.898 bits per heavy atom. The molecule has 0 aromatic carbocycles. The first kappa shape index (κ1) is 43.7. The summed E-state index contributed by atoms with van der Waals surface area (Å²) in [5.74, 6) is -2.46. The van der Waals surface area contributed by atoms with Gasteiger partial charge >= 0.3 is 6.09 Å². The Morgan fingerprint density at radius 2 is 1.57 bits per heavy atom. The van der Waals surface area contributed by atoms with E-state index in [2.05, 4.69) is 26.4 Å². The number of carbonyl (C=O) groups excluding carboxylic acids is 5. The van der Waals surface area contributed by atoms with Crippen molar-refractivity contribution in [2.45, 2.75) is 106 Å². The van der Waals surface area contributed by atoms with Crippen LogP contribution < -0.4 is 21.4 Å². The van der Waals surface area contributed by atoms with E-state index < -0.39 is 47.9 Å². The lowest BCUT2D eigenvalue weighted by molar-refractivity contribution is -0.132. The molecule has 280 valence electrons. The van der Waals surface area contributed by atoms with E-state index in [1.165, 1.54) is 18.4 Å². The molecule has 0 aliphatic heterocycles. The molecule has 0 saturated heterocycles. The van der Waals surface area contributed by atoms with Crippen molar-refractivity contribution in [2.24, 2.45) is 29.6 Å². The summed E-state index contributed by atoms with van der Waals surface area (Å²) in [6.45, 7) is 17.2. The zero-order chi connectivity index (χ0) is 37.3. The fourth-order valence-corrected chi connectivity index (χ4v) is 5.67. The van der Waals surface area contributed by atoms with Gasteiger partial charge in [0, 0.05) is 49.4 Å². The number of amides is 5. The number of hydrogen-bond acceptors (Lipinski definition) is 10. The molecule has 49 heavy (non-hydrogen) atoms. The highest BCUT2D eigenvalue weighted by Gasteiger charge is 2.30. The second-order valence-electron chi connectivity index (χ2n) is 13.8. The SMILES string of the molecule is COCCOC(=O)N(CCC(=O)NC(CC(C)C)C(O)CC(C)C(=O)NC(C(=O)NCC(C)C)C(C)C)NC(=O)C(C)Cc1nc(C)cs1. The quantitative estimate of drug-likeness (QED) is 0.0943. The van der Waals surface area contributed by atoms with Crippen molar-refractivity contribution in [1.82, 2.24) is 31.4 Å². The van der Waals surface area contributed by atoms with E-state index in [1.54, 1.807) is 13.8 Å². The third-order valence-corrected chi connectivity index (χ3v) is 8.64. The van der Waals surface area contributed by atoms with Crippen LogP contribution >= 0.6 is 11.3 Å². The van der Waals surface area contributed by atoms with Crippen LogP contribution in [0.1, 0.15) is 85.4 Å². The number of aromatic nitrogens is 1. The second kappa shape index (κ2) is 22.4. The Morgan fingerprint density at radius 3 is 2.12 bits per heavy atom. The first-order chi connectivity index (χ1) is 22.9. The van der Waals surface area contributed by atoms with Gasteiger partial charge in [0.25, 0.3) is 0 Å². The number of carbonyl (C=O) groups is 5. The molecule has 0 aliphatic rings. The van der Waals surface area contributed by atoms with E-state index in [9.17, 15) is 29.1 Å². The Hall–Kier alpha value is -3.30. The molecule has 14 nitrogen and oxygen atoms in total. The Balaban J connectivity index is 2.89. The van der Waals surface area contributed by atoms with Crippen LogP contribution in [0.4, 0.5) is 4.79 Å². The van der Waals surface area contributed by atoms with Crippen molar-refractivity contribution in [1.29, 1.82) is 0 Å². The average Bonchev–Trinajstić information content (AvgIpc) is 3.43. The highest BCUT2D eigenvalue weighted by molar-refractivity contribution is 7.09. The van der Waals surface area contributed by atoms with Crippen molar-refractivity contribution in [3.05, 3.63) is 16.1 Å². The monoisotopic (exact) mass is 712 g/mol. The average molecular weight is 713 g/mol. The minimum atomic E-state index is -1.07. The van der Waals surface area contributed by atoms with E-state index in [-0.39, 0.29) is 62.2 Å². The zero-order valence-corrected chi connectivity index (χ0v) is 31.8. The number of ether oxygens (including phenoxy) is 2. The Bertz CT molecular complexity index is 1190. The Labute approximate surface area is 295 Å². The molecule has 0 fully saturated rings. The summed E-state index contributed by atoms with van der Waals surface area (Å²) in [5, 5.41) is 23.4. The topological polar surface area (TPSA) is 188 Å². The Kier molecular flexibility index (Phi) is 20.0. The lowest BCUT2D eigenvalue weighted by atomic mass is 9.92. The summed E-state index contributed by atoms with van der Waals surface area (Å²) in [7, 11) is 1.46. The molecule has 1 heterocycles. The van der Waals surface area contributed by atoms with Gasteiger partial charge in [-0.05, 0) is 37.5 Å². The van der Waals surface area contributed by atoms with Gasteiger partial charge in [0.1, 0.15) is 12.6 Å². The molecule has 0 radical (unpaired) electrons. The number of aliphatic hydroxyl groups is 1. The molecule has 15 heteroatoms. The molecule has 0 spiro atoms. The first-order valence-corrected chi connectivity index (χ1v) is 18.0. The van der Waals surface area contributed by atoms with Gasteiger partial charge in [-0.2, -0.15) is 0 Å². The summed E-state index contributed by atoms with van der Waals surface area (Å²) in [6, 6.07) is -1.40. The molecule has 5 N–H and O–H groups in total. The molecule has 1 aromatic rings. The van der Waals surface area contributed by atoms with Crippen molar-refractivity contribution >= 4 is 41.1 Å². The second-order valence-corrected chi connectivity index (χ2v) is 14.8. The lowest BCUT2D eigenvalue weighted by Crippen LogP contribution is -2.52. The third kappa shape index (κ3) is 17.3. The molecule has 5 atom stereocenters. The normalized spacial score (nSPS) is 14.5. The lowest BCUT2D eigenvalue weighted by Gasteiger charge is -2.29. The van der Waals surface area contributed by atoms with E-state index in [0.29, 0.717) is 19.4 Å². The third-order valence-electron chi connectivity index (χ3n) is 7.65. The summed E-state index contributed by atoms with van der Waals surface area (Å²) >= 11 is 1.45. The minimum Gasteiger partial charge on any atom is -0.446 e. The highest BCUT2D eigenvalue weighted by Crippen LogP contribution is 2.17. The van der Waals surface area contributed by atoms with Crippen LogP contribution in [0.25, 0.3) is 0 Å². The van der Waals surface area contributed by atoms with Crippen molar-refractivity contribution in [2.75, 3.05) is 33.4 Å². The maximum atomic E-state index is 13.2. The summed E-state index contributed by atoms with van der Waals surface area (Å²) in [4.78, 5) is 69.2. The van der Waals surface area contributed by atoms with E-state index in [4.69, 9.17) is 9.47 Å². The van der Waals surface area contributed by atoms with E-state index in [1.807, 2.05) is 53.8 Å². The molecule has 1 aromatic heterocycles. The van der Waals surface area contributed by atoms with Gasteiger partial charge in [-0.25, -0.2) is 14.8 Å². The van der Waals surface area contributed by atoms with Gasteiger partial charge < -0.3 is 30.5 Å². The minimum absolute atomic E-state index is 0.0448. The van der Waals surface area contributed by atoms with Crippen LogP contribution in [-0.2, 0) is 35.1 Å². The molecule has 0 bridgehead atoms. The van der Waals surface area contributed by atoms with Crippen LogP contribution in [0.15, 0.2) is 5.38 Å². The van der Waals surface area contributed by atoms with Gasteiger partial charge in [0.2, 0.25) is 23.6 Å². The number of methoxy groups -OCH3 is 1. The van der Waals surface area contributed by atoms with Crippen molar-refractivity contribution in [3.8, 4) is 0 Å². The number of aryl methyl sites for hydroxylation is 1. The van der Waals surface area contributed by atoms with Crippen LogP contribution in [0.5, 0.6) is 0 Å². The van der Waals surface area contributed by atoms with Crippen molar-refractivity contribution in [3.63, 3.8) is 0 Å². The molecule has 0 saturated carbocycles. The van der Waals surface area contributed by atoms with Crippen molar-refractivity contribution < 1.29 is 38.6 Å². The van der Waals surface area contributed by atoms with Crippen LogP contribution in [-0.4, -0.2) is 96.4 Å². The van der Waals surface area contributed by atoms with E-state index >= 15 is 0 Å². The van der Waals surface area contributed by atoms with Gasteiger partial charge in [-0.3, -0.25) is 24.6 Å². The number of rotatable bonds is 21. The van der Waals surface area contributed by atoms with Gasteiger partial charge in [-0.1, -0.05) is 55.4 Å². The summed E-state index contributed by atoms with van der Waals surface area (Å²) in [5.41, 5.74) is 3.43. The van der Waals surface area contributed by atoms with Crippen LogP contribution in [0.3, 0.4) is 0 Å². The number of hydrogen-bond donors (Lipinski definition) is 5. The molecule has 1 rings (SSSR count). The van der Waals surface area contributed by atoms with Crippen LogP contribution in [0, 0.1) is 36.5 Å². The maximum absolute atomic E-state index is 13.2. The van der Waals surface area contributed by atoms with Gasteiger partial charge in [0.05, 0.1) is 30.3 Å². The molecular formula is C34H60N6O8S. The van der Waals surface area contributed by atoms with Gasteiger partial charge in [-0.15, -0.1) is 11.3 Å². The number of thiazole rings is 1. The number of nitrogens with zero attached hydrogens (tertiary/aromatic N) is 2. The summed E-state index contributed by atoms with van der Waals surface area (Å²) < 4.78 is 10.1. The number of aliphatic hydroxyl groups excluding tert-OH is 1. The van der Waals surface area contributed by atoms with Gasteiger partial charge in [0.15, 0.2) is 0 Å². The molecular weight excluding hydrogens is 652 g/mol. The smallest absolute Gasteiger partial charge is 0.428 e. The standard InChI is InChI=1S/C34H60N6O8S/c1-20(2)15-26(27(41)16-23(7)31(43)38-30(22(5)6)33(45)35-18-21(3)4)37-28(42)11-12-40(34(46)48-14-13-47-10)39-32(44)24(8)17-29-36-25(9)19-49-29/h19-24,26-27,30,41H,11-18H2,1-10H3,(H,35,45)(H,37,42)(H,38,43)(H,39,44). The van der Waals surface area contributed by atoms with Crippen LogP contribution in [0.2, 0.25) is 0 Å². The summed E-state index contributed by atoms with van der Waals surface area (Å²) in [6.07, 6.45) is -1.24. The maximum Gasteiger partial charge on any atom is 0.428 e. The molecule has 5 unspecified atom stereocenters. The zero-order valence-electron chi connectivity index (χ0n) is 31.0. The molecule has 5 amide bonds. The number of nitrogens with one attached hydrogen (secondary N) is 4. The highest BCUT2D eigenvalue weighted by atomic mass is 32.1. The molecule has 0 aliphatic carbocycles. The largest absolute Gasteiger partial charge is 0.446 e. The fourth-order valence-electron chi connectivity index (χ4n) is 4.77. The first-order valence-electron chi connectivity index (χ1n) is 17.1. The van der Waals surface area contributed by atoms with E-state index in [0.717, 1.165) is 15.7 Å². The fraction of sp³-hybridized carbons (Fsp3) is 0.765. The number of hydrazine groups is 1.